The summed E-state index contributed by atoms with van der Waals surface area (Å²) in [4.78, 5) is 8.35. The van der Waals surface area contributed by atoms with Crippen molar-refractivity contribution in [2.75, 3.05) is 5.32 Å². The summed E-state index contributed by atoms with van der Waals surface area (Å²) in [6, 6.07) is 2.59. The fourth-order valence-electron chi connectivity index (χ4n) is 2.01. The zero-order valence-corrected chi connectivity index (χ0v) is 11.0. The molecular formula is C12H18ClN3O. The van der Waals surface area contributed by atoms with Crippen LogP contribution in [-0.2, 0) is 0 Å². The van der Waals surface area contributed by atoms with Crippen molar-refractivity contribution in [2.45, 2.75) is 51.7 Å². The van der Waals surface area contributed by atoms with E-state index >= 15 is 0 Å². The van der Waals surface area contributed by atoms with Gasteiger partial charge < -0.3 is 10.1 Å². The number of hydrogen-bond donors (Lipinski definition) is 1. The maximum absolute atomic E-state index is 5.95. The summed E-state index contributed by atoms with van der Waals surface area (Å²) in [6.07, 6.45) is 5.01. The van der Waals surface area contributed by atoms with Gasteiger partial charge in [-0.2, -0.15) is 9.97 Å². The molecule has 0 unspecified atom stereocenters. The van der Waals surface area contributed by atoms with E-state index in [-0.39, 0.29) is 6.10 Å². The third kappa shape index (κ3) is 3.73. The average Bonchev–Trinajstić information content (AvgIpc) is 2.67. The predicted molar refractivity (Wildman–Crippen MR) is 68.7 cm³/mol. The minimum absolute atomic E-state index is 0.0489. The van der Waals surface area contributed by atoms with Gasteiger partial charge in [-0.25, -0.2) is 0 Å². The second-order valence-corrected chi connectivity index (χ2v) is 5.04. The number of nitrogens with zero attached hydrogens (tertiary/aromatic N) is 2. The molecule has 5 heteroatoms. The molecule has 1 aromatic rings. The zero-order valence-electron chi connectivity index (χ0n) is 10.2. The minimum atomic E-state index is 0.0489. The molecule has 1 N–H and O–H groups in total. The van der Waals surface area contributed by atoms with E-state index in [4.69, 9.17) is 16.3 Å². The van der Waals surface area contributed by atoms with Crippen molar-refractivity contribution >= 4 is 17.4 Å². The Labute approximate surface area is 107 Å². The second kappa shape index (κ2) is 5.54. The lowest BCUT2D eigenvalue weighted by atomic mass is 10.2. The van der Waals surface area contributed by atoms with Gasteiger partial charge in [0.15, 0.2) is 0 Å². The highest BCUT2D eigenvalue weighted by Gasteiger charge is 2.16. The molecule has 0 bridgehead atoms. The van der Waals surface area contributed by atoms with Gasteiger partial charge in [-0.1, -0.05) is 24.4 Å². The Morgan fingerprint density at radius 3 is 2.71 bits per heavy atom. The number of rotatable bonds is 4. The molecule has 0 aliphatic heterocycles. The molecule has 0 atom stereocenters. The Bertz CT molecular complexity index is 378. The van der Waals surface area contributed by atoms with E-state index in [1.54, 1.807) is 6.07 Å². The summed E-state index contributed by atoms with van der Waals surface area (Å²) in [5.74, 6) is 0.757. The molecule has 0 amide bonds. The number of aromatic nitrogens is 2. The van der Waals surface area contributed by atoms with Gasteiger partial charge in [0.1, 0.15) is 11.0 Å². The Balaban J connectivity index is 2.07. The van der Waals surface area contributed by atoms with Crippen LogP contribution in [0.15, 0.2) is 6.07 Å². The Hall–Kier alpha value is -1.03. The van der Waals surface area contributed by atoms with Crippen LogP contribution in [0.1, 0.15) is 39.5 Å². The first-order chi connectivity index (χ1) is 8.13. The fourth-order valence-corrected chi connectivity index (χ4v) is 2.19. The van der Waals surface area contributed by atoms with Crippen molar-refractivity contribution in [1.82, 2.24) is 9.97 Å². The van der Waals surface area contributed by atoms with Gasteiger partial charge in [-0.3, -0.25) is 0 Å². The van der Waals surface area contributed by atoms with Crippen LogP contribution >= 0.6 is 11.6 Å². The number of hydrogen-bond acceptors (Lipinski definition) is 4. The highest BCUT2D eigenvalue weighted by molar-refractivity contribution is 6.29. The third-order valence-electron chi connectivity index (χ3n) is 2.72. The van der Waals surface area contributed by atoms with E-state index in [9.17, 15) is 0 Å². The molecule has 1 fully saturated rings. The standard InChI is InChI=1S/C12H18ClN3O/c1-8(2)17-12-15-10(13)7-11(16-12)14-9-5-3-4-6-9/h7-9H,3-6H2,1-2H3,(H,14,15,16). The van der Waals surface area contributed by atoms with Crippen LogP contribution in [0, 0.1) is 0 Å². The Morgan fingerprint density at radius 1 is 1.35 bits per heavy atom. The summed E-state index contributed by atoms with van der Waals surface area (Å²) < 4.78 is 5.45. The maximum Gasteiger partial charge on any atom is 0.320 e. The molecule has 2 rings (SSSR count). The SMILES string of the molecule is CC(C)Oc1nc(Cl)cc(NC2CCCC2)n1. The predicted octanol–water partition coefficient (Wildman–Crippen LogP) is 3.27. The molecule has 0 radical (unpaired) electrons. The highest BCUT2D eigenvalue weighted by Crippen LogP contribution is 2.23. The first-order valence-corrected chi connectivity index (χ1v) is 6.49. The lowest BCUT2D eigenvalue weighted by Crippen LogP contribution is -2.16. The minimum Gasteiger partial charge on any atom is -0.461 e. The molecule has 0 spiro atoms. The molecule has 0 aromatic carbocycles. The quantitative estimate of drug-likeness (QED) is 0.839. The van der Waals surface area contributed by atoms with Crippen molar-refractivity contribution < 1.29 is 4.74 Å². The molecule has 1 heterocycles. The molecule has 1 saturated carbocycles. The summed E-state index contributed by atoms with van der Waals surface area (Å²) in [7, 11) is 0. The molecule has 4 nitrogen and oxygen atoms in total. The molecular weight excluding hydrogens is 238 g/mol. The second-order valence-electron chi connectivity index (χ2n) is 4.65. The maximum atomic E-state index is 5.95. The van der Waals surface area contributed by atoms with E-state index in [1.165, 1.54) is 25.7 Å². The first-order valence-electron chi connectivity index (χ1n) is 6.11. The Kier molecular flexibility index (Phi) is 4.05. The normalized spacial score (nSPS) is 16.5. The van der Waals surface area contributed by atoms with Crippen LogP contribution in [-0.4, -0.2) is 22.1 Å². The van der Waals surface area contributed by atoms with Crippen LogP contribution in [0.25, 0.3) is 0 Å². The molecule has 1 aromatic heterocycles. The summed E-state index contributed by atoms with van der Waals surface area (Å²) in [6.45, 7) is 3.88. The van der Waals surface area contributed by atoms with Gasteiger partial charge in [-0.15, -0.1) is 0 Å². The van der Waals surface area contributed by atoms with Crippen LogP contribution in [0.2, 0.25) is 5.15 Å². The van der Waals surface area contributed by atoms with Crippen molar-refractivity contribution in [3.05, 3.63) is 11.2 Å². The van der Waals surface area contributed by atoms with Crippen molar-refractivity contribution in [1.29, 1.82) is 0 Å². The summed E-state index contributed by atoms with van der Waals surface area (Å²) >= 11 is 5.95. The number of anilines is 1. The van der Waals surface area contributed by atoms with Gasteiger partial charge in [0, 0.05) is 12.1 Å². The summed E-state index contributed by atoms with van der Waals surface area (Å²) in [5.41, 5.74) is 0. The highest BCUT2D eigenvalue weighted by atomic mass is 35.5. The number of halogens is 1. The molecule has 0 saturated heterocycles. The molecule has 1 aliphatic carbocycles. The van der Waals surface area contributed by atoms with E-state index in [2.05, 4.69) is 15.3 Å². The lowest BCUT2D eigenvalue weighted by molar-refractivity contribution is 0.222. The lowest BCUT2D eigenvalue weighted by Gasteiger charge is -2.14. The first kappa shape index (κ1) is 12.4. The van der Waals surface area contributed by atoms with E-state index in [1.807, 2.05) is 13.8 Å². The van der Waals surface area contributed by atoms with Crippen LogP contribution in [0.3, 0.4) is 0 Å². The molecule has 94 valence electrons. The largest absolute Gasteiger partial charge is 0.461 e. The van der Waals surface area contributed by atoms with Crippen molar-refractivity contribution in [3.63, 3.8) is 0 Å². The average molecular weight is 256 g/mol. The van der Waals surface area contributed by atoms with Gasteiger partial charge in [-0.05, 0) is 26.7 Å². The van der Waals surface area contributed by atoms with Crippen molar-refractivity contribution in [2.24, 2.45) is 0 Å². The van der Waals surface area contributed by atoms with Crippen LogP contribution in [0.5, 0.6) is 6.01 Å². The van der Waals surface area contributed by atoms with Gasteiger partial charge in [0.25, 0.3) is 0 Å². The third-order valence-corrected chi connectivity index (χ3v) is 2.92. The van der Waals surface area contributed by atoms with Gasteiger partial charge in [0.2, 0.25) is 0 Å². The zero-order chi connectivity index (χ0) is 12.3. The smallest absolute Gasteiger partial charge is 0.320 e. The van der Waals surface area contributed by atoms with Crippen molar-refractivity contribution in [3.8, 4) is 6.01 Å². The van der Waals surface area contributed by atoms with Crippen LogP contribution in [0.4, 0.5) is 5.82 Å². The molecule has 17 heavy (non-hydrogen) atoms. The van der Waals surface area contributed by atoms with Gasteiger partial charge in [0.05, 0.1) is 6.10 Å². The summed E-state index contributed by atoms with van der Waals surface area (Å²) in [5, 5.41) is 3.79. The van der Waals surface area contributed by atoms with Crippen LogP contribution < -0.4 is 10.1 Å². The Morgan fingerprint density at radius 2 is 2.06 bits per heavy atom. The fraction of sp³-hybridized carbons (Fsp3) is 0.667. The number of nitrogens with one attached hydrogen (secondary N) is 1. The van der Waals surface area contributed by atoms with Gasteiger partial charge >= 0.3 is 6.01 Å². The monoisotopic (exact) mass is 255 g/mol. The van der Waals surface area contributed by atoms with E-state index < -0.39 is 0 Å². The number of ether oxygens (including phenoxy) is 1. The molecule has 1 aliphatic rings. The van der Waals surface area contributed by atoms with E-state index in [0.29, 0.717) is 17.2 Å². The topological polar surface area (TPSA) is 47.0 Å². The van der Waals surface area contributed by atoms with E-state index in [0.717, 1.165) is 5.82 Å².